The van der Waals surface area contributed by atoms with E-state index >= 15 is 0 Å². The van der Waals surface area contributed by atoms with Gasteiger partial charge in [-0.3, -0.25) is 9.59 Å². The number of hydrogen-bond donors (Lipinski definition) is 1. The maximum absolute atomic E-state index is 12.2. The second-order valence-corrected chi connectivity index (χ2v) is 5.86. The molecule has 0 spiro atoms. The van der Waals surface area contributed by atoms with E-state index in [4.69, 9.17) is 0 Å². The first-order chi connectivity index (χ1) is 9.04. The first kappa shape index (κ1) is 13.9. The molecule has 102 valence electrons. The Morgan fingerprint density at radius 3 is 2.74 bits per heavy atom. The number of fused-ring (bicyclic) bond motifs is 1. The summed E-state index contributed by atoms with van der Waals surface area (Å²) < 4.78 is 0. The minimum absolute atomic E-state index is 0.00764. The number of hydrogen-bond acceptors (Lipinski definition) is 3. The average Bonchev–Trinajstić information content (AvgIpc) is 2.44. The van der Waals surface area contributed by atoms with Crippen LogP contribution in [0.1, 0.15) is 24.0 Å². The number of amides is 1. The first-order valence-electron chi connectivity index (χ1n) is 6.16. The fourth-order valence-corrected chi connectivity index (χ4v) is 2.69. The van der Waals surface area contributed by atoms with Gasteiger partial charge in [0, 0.05) is 13.1 Å². The highest BCUT2D eigenvalue weighted by molar-refractivity contribution is 7.99. The van der Waals surface area contributed by atoms with Crippen molar-refractivity contribution in [3.8, 4) is 0 Å². The first-order valence-corrected chi connectivity index (χ1v) is 7.45. The molecule has 1 aromatic rings. The molecule has 19 heavy (non-hydrogen) atoms. The summed E-state index contributed by atoms with van der Waals surface area (Å²) in [5, 5.41) is 9.20. The van der Waals surface area contributed by atoms with Crippen LogP contribution in [0.2, 0.25) is 0 Å². The topological polar surface area (TPSA) is 57.6 Å². The lowest BCUT2D eigenvalue weighted by molar-refractivity contribution is -0.141. The van der Waals surface area contributed by atoms with E-state index < -0.39 is 11.9 Å². The van der Waals surface area contributed by atoms with Crippen molar-refractivity contribution in [1.82, 2.24) is 4.90 Å². The highest BCUT2D eigenvalue weighted by Gasteiger charge is 2.33. The Labute approximate surface area is 116 Å². The van der Waals surface area contributed by atoms with Gasteiger partial charge in [-0.2, -0.15) is 11.8 Å². The van der Waals surface area contributed by atoms with Crippen LogP contribution in [0.5, 0.6) is 0 Å². The highest BCUT2D eigenvalue weighted by atomic mass is 32.2. The molecule has 1 aliphatic rings. The molecule has 4 nitrogen and oxygen atoms in total. The van der Waals surface area contributed by atoms with Gasteiger partial charge in [0.15, 0.2) is 0 Å². The summed E-state index contributed by atoms with van der Waals surface area (Å²) in [5.74, 6) is -1.49. The number of nitrogens with zero attached hydrogens (tertiary/aromatic N) is 1. The zero-order valence-electron chi connectivity index (χ0n) is 11.0. The second-order valence-electron chi connectivity index (χ2n) is 4.69. The van der Waals surface area contributed by atoms with Crippen LogP contribution in [0.25, 0.3) is 0 Å². The van der Waals surface area contributed by atoms with Gasteiger partial charge in [-0.15, -0.1) is 0 Å². The Morgan fingerprint density at radius 1 is 1.42 bits per heavy atom. The number of carboxylic acids is 1. The van der Waals surface area contributed by atoms with Crippen LogP contribution in [-0.2, 0) is 16.1 Å². The van der Waals surface area contributed by atoms with Gasteiger partial charge >= 0.3 is 5.97 Å². The SMILES string of the molecule is CSC(C)C(=O)N1Cc2ccccc2C(C(=O)O)C1. The van der Waals surface area contributed by atoms with Crippen molar-refractivity contribution in [3.05, 3.63) is 35.4 Å². The third-order valence-corrected chi connectivity index (χ3v) is 4.41. The molecule has 1 amide bonds. The molecule has 0 aromatic heterocycles. The van der Waals surface area contributed by atoms with Crippen molar-refractivity contribution in [2.75, 3.05) is 12.8 Å². The molecule has 5 heteroatoms. The molecular weight excluding hydrogens is 262 g/mol. The van der Waals surface area contributed by atoms with Crippen molar-refractivity contribution in [2.45, 2.75) is 24.6 Å². The molecule has 1 N–H and O–H groups in total. The van der Waals surface area contributed by atoms with Gasteiger partial charge < -0.3 is 10.0 Å². The van der Waals surface area contributed by atoms with Crippen molar-refractivity contribution >= 4 is 23.6 Å². The van der Waals surface area contributed by atoms with E-state index in [0.717, 1.165) is 11.1 Å². The number of rotatable bonds is 3. The summed E-state index contributed by atoms with van der Waals surface area (Å²) in [6.07, 6.45) is 1.88. The lowest BCUT2D eigenvalue weighted by atomic mass is 9.89. The molecule has 1 heterocycles. The van der Waals surface area contributed by atoms with E-state index in [9.17, 15) is 14.7 Å². The van der Waals surface area contributed by atoms with Gasteiger partial charge in [0.05, 0.1) is 11.2 Å². The van der Waals surface area contributed by atoms with Crippen LogP contribution >= 0.6 is 11.8 Å². The largest absolute Gasteiger partial charge is 0.481 e. The quantitative estimate of drug-likeness (QED) is 0.918. The lowest BCUT2D eigenvalue weighted by Gasteiger charge is -2.34. The molecule has 0 bridgehead atoms. The Bertz CT molecular complexity index is 503. The van der Waals surface area contributed by atoms with Gasteiger partial charge in [0.25, 0.3) is 0 Å². The maximum Gasteiger partial charge on any atom is 0.312 e. The molecule has 0 aliphatic carbocycles. The third-order valence-electron chi connectivity index (χ3n) is 3.51. The van der Waals surface area contributed by atoms with Crippen molar-refractivity contribution in [2.24, 2.45) is 0 Å². The van der Waals surface area contributed by atoms with Gasteiger partial charge in [-0.05, 0) is 24.3 Å². The van der Waals surface area contributed by atoms with Crippen LogP contribution in [0.15, 0.2) is 24.3 Å². The number of carbonyl (C=O) groups excluding carboxylic acids is 1. The molecule has 0 fully saturated rings. The molecule has 2 unspecified atom stereocenters. The molecule has 2 rings (SSSR count). The van der Waals surface area contributed by atoms with Gasteiger partial charge in [-0.25, -0.2) is 0 Å². The molecule has 0 radical (unpaired) electrons. The van der Waals surface area contributed by atoms with E-state index in [2.05, 4.69) is 0 Å². The Balaban J connectivity index is 2.30. The average molecular weight is 279 g/mol. The minimum Gasteiger partial charge on any atom is -0.481 e. The van der Waals surface area contributed by atoms with E-state index in [-0.39, 0.29) is 17.7 Å². The number of carbonyl (C=O) groups is 2. The summed E-state index contributed by atoms with van der Waals surface area (Å²) in [7, 11) is 0. The normalized spacial score (nSPS) is 19.7. The summed E-state index contributed by atoms with van der Waals surface area (Å²) in [6, 6.07) is 7.46. The molecule has 2 atom stereocenters. The number of aliphatic carboxylic acids is 1. The van der Waals surface area contributed by atoms with E-state index in [1.165, 1.54) is 11.8 Å². The minimum atomic E-state index is -0.873. The van der Waals surface area contributed by atoms with Crippen LogP contribution in [0.3, 0.4) is 0 Å². The van der Waals surface area contributed by atoms with Crippen molar-refractivity contribution in [1.29, 1.82) is 0 Å². The van der Waals surface area contributed by atoms with Crippen LogP contribution in [0, 0.1) is 0 Å². The van der Waals surface area contributed by atoms with Crippen molar-refractivity contribution < 1.29 is 14.7 Å². The third kappa shape index (κ3) is 2.76. The molecule has 0 saturated heterocycles. The standard InChI is InChI=1S/C14H17NO3S/c1-9(19-2)13(16)15-7-10-5-3-4-6-11(10)12(8-15)14(17)18/h3-6,9,12H,7-8H2,1-2H3,(H,17,18). The van der Waals surface area contributed by atoms with Gasteiger partial charge in [-0.1, -0.05) is 24.3 Å². The van der Waals surface area contributed by atoms with E-state index in [1.54, 1.807) is 4.90 Å². The second kappa shape index (κ2) is 5.65. The summed E-state index contributed by atoms with van der Waals surface area (Å²) >= 11 is 1.48. The number of carboxylic acid groups (broad SMARTS) is 1. The van der Waals surface area contributed by atoms with E-state index in [1.807, 2.05) is 37.4 Å². The number of benzene rings is 1. The summed E-state index contributed by atoms with van der Waals surface area (Å²) in [4.78, 5) is 25.3. The zero-order valence-corrected chi connectivity index (χ0v) is 11.8. The Morgan fingerprint density at radius 2 is 2.11 bits per heavy atom. The Hall–Kier alpha value is -1.49. The smallest absolute Gasteiger partial charge is 0.312 e. The predicted octanol–water partition coefficient (Wildman–Crippen LogP) is 1.95. The molecule has 1 aromatic carbocycles. The number of thioether (sulfide) groups is 1. The lowest BCUT2D eigenvalue weighted by Crippen LogP contribution is -2.43. The Kier molecular flexibility index (Phi) is 4.14. The predicted molar refractivity (Wildman–Crippen MR) is 75.2 cm³/mol. The fraction of sp³-hybridized carbons (Fsp3) is 0.429. The van der Waals surface area contributed by atoms with Crippen molar-refractivity contribution in [3.63, 3.8) is 0 Å². The summed E-state index contributed by atoms with van der Waals surface area (Å²) in [6.45, 7) is 2.61. The summed E-state index contributed by atoms with van der Waals surface area (Å²) in [5.41, 5.74) is 1.76. The van der Waals surface area contributed by atoms with E-state index in [0.29, 0.717) is 6.54 Å². The van der Waals surface area contributed by atoms with Gasteiger partial charge in [0.1, 0.15) is 0 Å². The fourth-order valence-electron chi connectivity index (χ4n) is 2.34. The highest BCUT2D eigenvalue weighted by Crippen LogP contribution is 2.29. The van der Waals surface area contributed by atoms with Crippen LogP contribution in [0.4, 0.5) is 0 Å². The van der Waals surface area contributed by atoms with Crippen LogP contribution < -0.4 is 0 Å². The van der Waals surface area contributed by atoms with Gasteiger partial charge in [0.2, 0.25) is 5.91 Å². The molecular formula is C14H17NO3S. The zero-order chi connectivity index (χ0) is 14.0. The van der Waals surface area contributed by atoms with Crippen LogP contribution in [-0.4, -0.2) is 39.9 Å². The molecule has 1 aliphatic heterocycles. The monoisotopic (exact) mass is 279 g/mol. The molecule has 0 saturated carbocycles. The maximum atomic E-state index is 12.2.